The van der Waals surface area contributed by atoms with E-state index in [1.807, 2.05) is 42.6 Å². The quantitative estimate of drug-likeness (QED) is 0.318. The average molecular weight is 433 g/mol. The van der Waals surface area contributed by atoms with Crippen molar-refractivity contribution in [3.05, 3.63) is 53.2 Å². The first-order valence-corrected chi connectivity index (χ1v) is 10.3. The second-order valence-electron chi connectivity index (χ2n) is 7.97. The summed E-state index contributed by atoms with van der Waals surface area (Å²) < 4.78 is 38.8. The van der Waals surface area contributed by atoms with Crippen molar-refractivity contribution in [2.45, 2.75) is 37.8 Å². The van der Waals surface area contributed by atoms with E-state index in [-0.39, 0.29) is 18.8 Å². The van der Waals surface area contributed by atoms with E-state index in [9.17, 15) is 13.2 Å². The van der Waals surface area contributed by atoms with Crippen molar-refractivity contribution in [1.29, 1.82) is 0 Å². The standard InChI is InChI=1S/C22H20ClF3N4/c23-17-10-15(11-19-16(17)7-8-27-19)28-21-29-18-6-3-13(9-20(18)30-21)12-1-4-14(5-2-12)22(24,25)26/h3,6-12,14,27H,1-2,4-5H2,(H2,28,29,30). The Bertz CT molecular complexity index is 1200. The van der Waals surface area contributed by atoms with Crippen LogP contribution in [0.5, 0.6) is 0 Å². The molecule has 0 aliphatic heterocycles. The maximum absolute atomic E-state index is 12.9. The Hall–Kier alpha value is -2.67. The van der Waals surface area contributed by atoms with E-state index in [2.05, 4.69) is 20.3 Å². The number of nitrogens with one attached hydrogen (secondary N) is 3. The van der Waals surface area contributed by atoms with Gasteiger partial charge in [-0.15, -0.1) is 0 Å². The summed E-state index contributed by atoms with van der Waals surface area (Å²) in [5, 5.41) is 4.84. The zero-order valence-electron chi connectivity index (χ0n) is 16.0. The third-order valence-electron chi connectivity index (χ3n) is 6.05. The van der Waals surface area contributed by atoms with Crippen LogP contribution in [0.2, 0.25) is 5.02 Å². The topological polar surface area (TPSA) is 56.5 Å². The SMILES string of the molecule is FC(F)(F)C1CCC(c2ccc3nc(Nc4cc(Cl)c5cc[nH]c5c4)[nH]c3c2)CC1. The first-order chi connectivity index (χ1) is 14.4. The van der Waals surface area contributed by atoms with Crippen LogP contribution in [-0.2, 0) is 0 Å². The molecule has 4 nitrogen and oxygen atoms in total. The molecule has 0 spiro atoms. The zero-order chi connectivity index (χ0) is 20.9. The third-order valence-corrected chi connectivity index (χ3v) is 6.36. The Labute approximate surface area is 175 Å². The predicted octanol–water partition coefficient (Wildman–Crippen LogP) is 7.28. The number of benzene rings is 2. The van der Waals surface area contributed by atoms with Crippen LogP contribution in [0.1, 0.15) is 37.2 Å². The molecule has 5 rings (SSSR count). The molecule has 156 valence electrons. The second kappa shape index (κ2) is 7.23. The molecule has 1 fully saturated rings. The van der Waals surface area contributed by atoms with Gasteiger partial charge in [0.1, 0.15) is 0 Å². The van der Waals surface area contributed by atoms with Crippen molar-refractivity contribution in [2.24, 2.45) is 5.92 Å². The minimum Gasteiger partial charge on any atom is -0.361 e. The first kappa shape index (κ1) is 19.3. The van der Waals surface area contributed by atoms with Gasteiger partial charge in [-0.2, -0.15) is 13.2 Å². The molecule has 2 aromatic heterocycles. The largest absolute Gasteiger partial charge is 0.391 e. The van der Waals surface area contributed by atoms with Gasteiger partial charge in [-0.3, -0.25) is 0 Å². The van der Waals surface area contributed by atoms with Gasteiger partial charge in [0.15, 0.2) is 0 Å². The van der Waals surface area contributed by atoms with E-state index in [4.69, 9.17) is 11.6 Å². The van der Waals surface area contributed by atoms with Crippen LogP contribution in [0.3, 0.4) is 0 Å². The summed E-state index contributed by atoms with van der Waals surface area (Å²) in [6.45, 7) is 0. The number of aromatic nitrogens is 3. The minimum atomic E-state index is -4.08. The van der Waals surface area contributed by atoms with Crippen LogP contribution in [0.25, 0.3) is 21.9 Å². The van der Waals surface area contributed by atoms with Crippen LogP contribution < -0.4 is 5.32 Å². The number of fused-ring (bicyclic) bond motifs is 2. The number of hydrogen-bond donors (Lipinski definition) is 3. The van der Waals surface area contributed by atoms with Crippen LogP contribution in [-0.4, -0.2) is 21.1 Å². The highest BCUT2D eigenvalue weighted by Gasteiger charge is 2.41. The molecule has 2 aromatic carbocycles. The Morgan fingerprint density at radius 1 is 1.00 bits per heavy atom. The van der Waals surface area contributed by atoms with Gasteiger partial charge in [0.05, 0.1) is 22.0 Å². The summed E-state index contributed by atoms with van der Waals surface area (Å²) in [6, 6.07) is 11.6. The van der Waals surface area contributed by atoms with Crippen molar-refractivity contribution in [1.82, 2.24) is 15.0 Å². The molecule has 0 saturated heterocycles. The number of anilines is 2. The van der Waals surface area contributed by atoms with E-state index >= 15 is 0 Å². The van der Waals surface area contributed by atoms with Gasteiger partial charge >= 0.3 is 6.18 Å². The maximum Gasteiger partial charge on any atom is 0.391 e. The molecule has 1 aliphatic rings. The molecule has 4 aromatic rings. The zero-order valence-corrected chi connectivity index (χ0v) is 16.7. The number of imidazole rings is 1. The molecule has 0 bridgehead atoms. The number of hydrogen-bond acceptors (Lipinski definition) is 2. The summed E-state index contributed by atoms with van der Waals surface area (Å²) in [4.78, 5) is 11.0. The summed E-state index contributed by atoms with van der Waals surface area (Å²) in [5.41, 5.74) is 4.46. The van der Waals surface area contributed by atoms with Crippen LogP contribution in [0.4, 0.5) is 24.8 Å². The fourth-order valence-electron chi connectivity index (χ4n) is 4.42. The Kier molecular flexibility index (Phi) is 4.65. The van der Waals surface area contributed by atoms with Crippen molar-refractivity contribution < 1.29 is 13.2 Å². The number of aromatic amines is 2. The average Bonchev–Trinajstić information content (AvgIpc) is 3.33. The summed E-state index contributed by atoms with van der Waals surface area (Å²) in [5.74, 6) is -0.420. The summed E-state index contributed by atoms with van der Waals surface area (Å²) in [7, 11) is 0. The highest BCUT2D eigenvalue weighted by atomic mass is 35.5. The lowest BCUT2D eigenvalue weighted by atomic mass is 9.78. The summed E-state index contributed by atoms with van der Waals surface area (Å²) >= 11 is 6.33. The number of nitrogens with zero attached hydrogens (tertiary/aromatic N) is 1. The van der Waals surface area contributed by atoms with Gasteiger partial charge < -0.3 is 15.3 Å². The third kappa shape index (κ3) is 3.62. The molecule has 2 heterocycles. The normalized spacial score (nSPS) is 20.1. The molecule has 1 aliphatic carbocycles. The lowest BCUT2D eigenvalue weighted by Gasteiger charge is -2.30. The van der Waals surface area contributed by atoms with Crippen molar-refractivity contribution in [3.8, 4) is 0 Å². The van der Waals surface area contributed by atoms with Crippen molar-refractivity contribution >= 4 is 45.2 Å². The van der Waals surface area contributed by atoms with Crippen molar-refractivity contribution in [3.63, 3.8) is 0 Å². The first-order valence-electron chi connectivity index (χ1n) is 9.97. The smallest absolute Gasteiger partial charge is 0.361 e. The summed E-state index contributed by atoms with van der Waals surface area (Å²) in [6.07, 6.45) is -0.725. The molecule has 1 saturated carbocycles. The van der Waals surface area contributed by atoms with E-state index in [1.54, 1.807) is 0 Å². The van der Waals surface area contributed by atoms with Gasteiger partial charge in [-0.1, -0.05) is 17.7 Å². The Balaban J connectivity index is 1.35. The van der Waals surface area contributed by atoms with Crippen LogP contribution in [0.15, 0.2) is 42.6 Å². The van der Waals surface area contributed by atoms with Gasteiger partial charge in [-0.25, -0.2) is 4.98 Å². The van der Waals surface area contributed by atoms with Gasteiger partial charge in [0.2, 0.25) is 5.95 Å². The van der Waals surface area contributed by atoms with Crippen LogP contribution in [0, 0.1) is 5.92 Å². The van der Waals surface area contributed by atoms with Gasteiger partial charge in [-0.05, 0) is 67.5 Å². The lowest BCUT2D eigenvalue weighted by Crippen LogP contribution is -2.27. The molecule has 0 radical (unpaired) electrons. The Morgan fingerprint density at radius 3 is 2.57 bits per heavy atom. The van der Waals surface area contributed by atoms with Crippen molar-refractivity contribution in [2.75, 3.05) is 5.32 Å². The van der Waals surface area contributed by atoms with E-state index in [1.165, 1.54) is 0 Å². The minimum absolute atomic E-state index is 0.154. The number of H-pyrrole nitrogens is 2. The number of halogens is 4. The lowest BCUT2D eigenvalue weighted by molar-refractivity contribution is -0.182. The maximum atomic E-state index is 12.9. The van der Waals surface area contributed by atoms with Crippen LogP contribution >= 0.6 is 11.6 Å². The molecule has 0 atom stereocenters. The highest BCUT2D eigenvalue weighted by molar-refractivity contribution is 6.35. The number of rotatable bonds is 3. The molecule has 3 N–H and O–H groups in total. The molecule has 8 heteroatoms. The second-order valence-corrected chi connectivity index (χ2v) is 8.38. The molecule has 0 unspecified atom stereocenters. The molecular formula is C22H20ClF3N4. The fraction of sp³-hybridized carbons (Fsp3) is 0.318. The van der Waals surface area contributed by atoms with Gasteiger partial charge in [0, 0.05) is 22.8 Å². The monoisotopic (exact) mass is 432 g/mol. The van der Waals surface area contributed by atoms with E-state index < -0.39 is 12.1 Å². The van der Waals surface area contributed by atoms with E-state index in [0.29, 0.717) is 23.8 Å². The molecule has 30 heavy (non-hydrogen) atoms. The molecule has 0 amide bonds. The van der Waals surface area contributed by atoms with Gasteiger partial charge in [0.25, 0.3) is 0 Å². The molecular weight excluding hydrogens is 413 g/mol. The predicted molar refractivity (Wildman–Crippen MR) is 113 cm³/mol. The Morgan fingerprint density at radius 2 is 1.80 bits per heavy atom. The highest BCUT2D eigenvalue weighted by Crippen LogP contribution is 2.43. The van der Waals surface area contributed by atoms with E-state index in [0.717, 1.165) is 33.2 Å². The number of alkyl halides is 3. The fourth-order valence-corrected chi connectivity index (χ4v) is 4.71.